The number of nitriles is 1. The summed E-state index contributed by atoms with van der Waals surface area (Å²) in [7, 11) is 1.36. The molecule has 0 amide bonds. The minimum Gasteiger partial charge on any atom is -0.468 e. The summed E-state index contributed by atoms with van der Waals surface area (Å²) in [6.07, 6.45) is 0.736. The molecule has 148 valence electrons. The summed E-state index contributed by atoms with van der Waals surface area (Å²) in [5.74, 6) is 0.0471. The van der Waals surface area contributed by atoms with E-state index in [4.69, 9.17) is 9.72 Å². The van der Waals surface area contributed by atoms with Gasteiger partial charge in [0.1, 0.15) is 12.6 Å². The highest BCUT2D eigenvalue weighted by atomic mass is 16.5. The fourth-order valence-electron chi connectivity index (χ4n) is 3.35. The van der Waals surface area contributed by atoms with E-state index in [0.717, 1.165) is 45.4 Å². The van der Waals surface area contributed by atoms with E-state index in [0.29, 0.717) is 11.5 Å². The summed E-state index contributed by atoms with van der Waals surface area (Å²) >= 11 is 0. The van der Waals surface area contributed by atoms with Crippen LogP contribution in [0.3, 0.4) is 0 Å². The molecular weight excluding hydrogens is 362 g/mol. The second-order valence-electron chi connectivity index (χ2n) is 7.55. The number of anilines is 1. The number of carbonyl (C=O) groups excluding carboxylic acids is 1. The number of hydrogen-bond donors (Lipinski definition) is 1. The van der Waals surface area contributed by atoms with Crippen LogP contribution in [0.1, 0.15) is 30.7 Å². The molecule has 0 fully saturated rings. The molecule has 0 aliphatic carbocycles. The third-order valence-electron chi connectivity index (χ3n) is 4.78. The van der Waals surface area contributed by atoms with E-state index in [-0.39, 0.29) is 12.5 Å². The topological polar surface area (TPSA) is 75.0 Å². The summed E-state index contributed by atoms with van der Waals surface area (Å²) in [4.78, 5) is 16.3. The van der Waals surface area contributed by atoms with Crippen molar-refractivity contribution >= 4 is 22.6 Å². The lowest BCUT2D eigenvalue weighted by atomic mass is 9.91. The molecule has 2 aromatic carbocycles. The number of ether oxygens (including phenoxy) is 1. The van der Waals surface area contributed by atoms with Gasteiger partial charge in [0.25, 0.3) is 0 Å². The molecule has 0 saturated heterocycles. The highest BCUT2D eigenvalue weighted by Crippen LogP contribution is 2.35. The number of aryl methyl sites for hydroxylation is 1. The number of rotatable bonds is 6. The van der Waals surface area contributed by atoms with E-state index in [9.17, 15) is 10.1 Å². The summed E-state index contributed by atoms with van der Waals surface area (Å²) in [6, 6.07) is 16.3. The molecule has 0 radical (unpaired) electrons. The zero-order valence-corrected chi connectivity index (χ0v) is 17.2. The molecule has 5 heteroatoms. The first-order valence-corrected chi connectivity index (χ1v) is 9.67. The van der Waals surface area contributed by atoms with E-state index < -0.39 is 0 Å². The van der Waals surface area contributed by atoms with Crippen molar-refractivity contribution in [3.8, 4) is 17.2 Å². The first-order valence-electron chi connectivity index (χ1n) is 9.67. The van der Waals surface area contributed by atoms with Crippen molar-refractivity contribution in [3.63, 3.8) is 0 Å². The number of nitrogens with zero attached hydrogens (tertiary/aromatic N) is 2. The van der Waals surface area contributed by atoms with Gasteiger partial charge in [-0.1, -0.05) is 43.7 Å². The number of nitrogens with one attached hydrogen (secondary N) is 1. The average molecular weight is 387 g/mol. The molecule has 0 spiro atoms. The van der Waals surface area contributed by atoms with Gasteiger partial charge in [-0.05, 0) is 43.0 Å². The van der Waals surface area contributed by atoms with Gasteiger partial charge in [0.05, 0.1) is 23.9 Å². The molecule has 5 nitrogen and oxygen atoms in total. The van der Waals surface area contributed by atoms with Gasteiger partial charge in [0.2, 0.25) is 0 Å². The van der Waals surface area contributed by atoms with Crippen molar-refractivity contribution in [2.24, 2.45) is 5.92 Å². The number of benzene rings is 2. The van der Waals surface area contributed by atoms with Crippen LogP contribution in [0.5, 0.6) is 0 Å². The number of fused-ring (bicyclic) bond motifs is 1. The molecule has 1 aromatic heterocycles. The van der Waals surface area contributed by atoms with E-state index in [1.807, 2.05) is 49.4 Å². The molecule has 29 heavy (non-hydrogen) atoms. The normalized spacial score (nSPS) is 10.8. The van der Waals surface area contributed by atoms with Crippen molar-refractivity contribution in [1.29, 1.82) is 5.26 Å². The van der Waals surface area contributed by atoms with Crippen LogP contribution in [0.4, 0.5) is 5.69 Å². The molecule has 1 heterocycles. The molecule has 0 aliphatic heterocycles. The van der Waals surface area contributed by atoms with Crippen LogP contribution >= 0.6 is 0 Å². The Kier molecular flexibility index (Phi) is 6.13. The SMILES string of the molecule is COC(=O)CNc1ccc2nc(CC(C)C)c(C#N)c(-c3ccc(C)cc3)c2c1. The van der Waals surface area contributed by atoms with Crippen LogP contribution in [0.25, 0.3) is 22.0 Å². The number of hydrogen-bond acceptors (Lipinski definition) is 5. The predicted molar refractivity (Wildman–Crippen MR) is 116 cm³/mol. The highest BCUT2D eigenvalue weighted by Gasteiger charge is 2.18. The Morgan fingerprint density at radius 1 is 1.21 bits per heavy atom. The minimum absolute atomic E-state index is 0.0752. The Morgan fingerprint density at radius 3 is 2.55 bits per heavy atom. The Balaban J connectivity index is 2.23. The maximum Gasteiger partial charge on any atom is 0.325 e. The van der Waals surface area contributed by atoms with Crippen LogP contribution < -0.4 is 5.32 Å². The monoisotopic (exact) mass is 387 g/mol. The van der Waals surface area contributed by atoms with Crippen LogP contribution in [0, 0.1) is 24.2 Å². The van der Waals surface area contributed by atoms with Crippen LogP contribution in [-0.2, 0) is 16.0 Å². The largest absolute Gasteiger partial charge is 0.468 e. The van der Waals surface area contributed by atoms with Crippen molar-refractivity contribution in [1.82, 2.24) is 4.98 Å². The fourth-order valence-corrected chi connectivity index (χ4v) is 3.35. The summed E-state index contributed by atoms with van der Waals surface area (Å²) < 4.78 is 4.70. The second kappa shape index (κ2) is 8.74. The number of pyridine rings is 1. The van der Waals surface area contributed by atoms with Gasteiger partial charge < -0.3 is 10.1 Å². The molecule has 0 unspecified atom stereocenters. The van der Waals surface area contributed by atoms with Gasteiger partial charge in [-0.25, -0.2) is 0 Å². The van der Waals surface area contributed by atoms with Crippen LogP contribution in [0.15, 0.2) is 42.5 Å². The minimum atomic E-state index is -0.341. The number of esters is 1. The second-order valence-corrected chi connectivity index (χ2v) is 7.55. The van der Waals surface area contributed by atoms with Crippen molar-refractivity contribution in [3.05, 3.63) is 59.3 Å². The molecule has 3 aromatic rings. The molecule has 0 atom stereocenters. The van der Waals surface area contributed by atoms with Crippen molar-refractivity contribution in [2.45, 2.75) is 27.2 Å². The zero-order chi connectivity index (χ0) is 21.0. The Labute approximate surface area is 171 Å². The summed E-state index contributed by atoms with van der Waals surface area (Å²) in [6.45, 7) is 6.36. The van der Waals surface area contributed by atoms with E-state index >= 15 is 0 Å². The van der Waals surface area contributed by atoms with Crippen LogP contribution in [-0.4, -0.2) is 24.6 Å². The van der Waals surface area contributed by atoms with Crippen molar-refractivity contribution < 1.29 is 9.53 Å². The lowest BCUT2D eigenvalue weighted by Gasteiger charge is -2.16. The van der Waals surface area contributed by atoms with E-state index in [1.54, 1.807) is 0 Å². The van der Waals surface area contributed by atoms with Gasteiger partial charge in [0, 0.05) is 16.6 Å². The van der Waals surface area contributed by atoms with Gasteiger partial charge in [-0.3, -0.25) is 9.78 Å². The first kappa shape index (κ1) is 20.3. The van der Waals surface area contributed by atoms with Crippen LogP contribution in [0.2, 0.25) is 0 Å². The quantitative estimate of drug-likeness (QED) is 0.611. The molecule has 0 aliphatic rings. The Bertz CT molecular complexity index is 1080. The van der Waals surface area contributed by atoms with Gasteiger partial charge in [0.15, 0.2) is 0 Å². The fraction of sp³-hybridized carbons (Fsp3) is 0.292. The molecule has 0 saturated carbocycles. The van der Waals surface area contributed by atoms with Gasteiger partial charge >= 0.3 is 5.97 Å². The average Bonchev–Trinajstić information content (AvgIpc) is 2.71. The third-order valence-corrected chi connectivity index (χ3v) is 4.78. The maximum absolute atomic E-state index is 11.5. The zero-order valence-electron chi connectivity index (χ0n) is 17.2. The number of aromatic nitrogens is 1. The van der Waals surface area contributed by atoms with E-state index in [2.05, 4.69) is 25.2 Å². The standard InChI is InChI=1S/C24H25N3O2/c1-15(2)11-22-20(13-25)24(17-7-5-16(3)6-8-17)19-12-18(9-10-21(19)27-22)26-14-23(28)29-4/h5-10,12,15,26H,11,14H2,1-4H3. The first-order chi connectivity index (χ1) is 13.9. The molecule has 1 N–H and O–H groups in total. The summed E-state index contributed by atoms with van der Waals surface area (Å²) in [5, 5.41) is 14.0. The maximum atomic E-state index is 11.5. The lowest BCUT2D eigenvalue weighted by Crippen LogP contribution is -2.14. The van der Waals surface area contributed by atoms with Crippen molar-refractivity contribution in [2.75, 3.05) is 19.0 Å². The highest BCUT2D eigenvalue weighted by molar-refractivity contribution is 5.99. The smallest absolute Gasteiger partial charge is 0.325 e. The molecule has 3 rings (SSSR count). The van der Waals surface area contributed by atoms with E-state index in [1.165, 1.54) is 7.11 Å². The number of methoxy groups -OCH3 is 1. The molecule has 0 bridgehead atoms. The molecular formula is C24H25N3O2. The lowest BCUT2D eigenvalue weighted by molar-refractivity contribution is -0.138. The van der Waals surface area contributed by atoms with Gasteiger partial charge in [-0.15, -0.1) is 0 Å². The predicted octanol–water partition coefficient (Wildman–Crippen LogP) is 4.87. The van der Waals surface area contributed by atoms with Gasteiger partial charge in [-0.2, -0.15) is 5.26 Å². The number of carbonyl (C=O) groups is 1. The summed E-state index contributed by atoms with van der Waals surface area (Å²) in [5.41, 5.74) is 6.07. The Morgan fingerprint density at radius 2 is 1.93 bits per heavy atom. The Hall–Kier alpha value is -3.39. The third kappa shape index (κ3) is 4.55.